The number of carbonyl (C=O) groups excluding carboxylic acids is 1. The first-order chi connectivity index (χ1) is 11.7. The molecule has 1 aromatic heterocycles. The van der Waals surface area contributed by atoms with Gasteiger partial charge in [-0.15, -0.1) is 0 Å². The lowest BCUT2D eigenvalue weighted by Gasteiger charge is -2.15. The van der Waals surface area contributed by atoms with Gasteiger partial charge in [-0.05, 0) is 57.1 Å². The van der Waals surface area contributed by atoms with Gasteiger partial charge in [0.25, 0.3) is 5.91 Å². The first-order valence-corrected chi connectivity index (χ1v) is 8.81. The Morgan fingerprint density at radius 1 is 1.33 bits per heavy atom. The van der Waals surface area contributed by atoms with Crippen LogP contribution in [0, 0.1) is 5.92 Å². The summed E-state index contributed by atoms with van der Waals surface area (Å²) in [6, 6.07) is 9.95. The average molecular weight is 325 g/mol. The van der Waals surface area contributed by atoms with Crippen LogP contribution in [0.5, 0.6) is 0 Å². The fourth-order valence-electron chi connectivity index (χ4n) is 3.14. The molecule has 1 saturated carbocycles. The summed E-state index contributed by atoms with van der Waals surface area (Å²) in [5.41, 5.74) is 3.23. The maximum atomic E-state index is 12.5. The third-order valence-electron chi connectivity index (χ3n) is 4.80. The summed E-state index contributed by atoms with van der Waals surface area (Å²) in [5, 5.41) is 7.79. The number of nitrogens with one attached hydrogen (secondary N) is 1. The van der Waals surface area contributed by atoms with Crippen molar-refractivity contribution in [3.05, 3.63) is 41.6 Å². The lowest BCUT2D eigenvalue weighted by molar-refractivity contribution is -0.126. The number of aryl methyl sites for hydroxylation is 1. The van der Waals surface area contributed by atoms with Gasteiger partial charge < -0.3 is 10.1 Å². The summed E-state index contributed by atoms with van der Waals surface area (Å²) in [7, 11) is 0. The summed E-state index contributed by atoms with van der Waals surface area (Å²) in [4.78, 5) is 12.5. The van der Waals surface area contributed by atoms with Crippen LogP contribution < -0.4 is 5.32 Å². The Morgan fingerprint density at radius 2 is 2.12 bits per heavy atom. The summed E-state index contributed by atoms with van der Waals surface area (Å²) in [6.07, 6.45) is 5.05. The van der Waals surface area contributed by atoms with Crippen molar-refractivity contribution < 1.29 is 9.53 Å². The number of hydrogen-bond donors (Lipinski definition) is 1. The molecule has 0 saturated heterocycles. The zero-order valence-corrected chi connectivity index (χ0v) is 14.0. The molecule has 0 spiro atoms. The van der Waals surface area contributed by atoms with Gasteiger partial charge in [-0.1, -0.05) is 18.2 Å². The van der Waals surface area contributed by atoms with Gasteiger partial charge in [-0.2, -0.15) is 5.10 Å². The van der Waals surface area contributed by atoms with E-state index in [0.29, 0.717) is 12.5 Å². The molecule has 0 radical (unpaired) electrons. The summed E-state index contributed by atoms with van der Waals surface area (Å²) < 4.78 is 7.56. The Balaban J connectivity index is 1.56. The highest BCUT2D eigenvalue weighted by atomic mass is 16.5. The van der Waals surface area contributed by atoms with E-state index in [1.54, 1.807) is 0 Å². The van der Waals surface area contributed by atoms with Crippen LogP contribution in [-0.2, 0) is 22.4 Å². The number of hydrogen-bond acceptors (Lipinski definition) is 3. The largest absolute Gasteiger partial charge is 0.368 e. The van der Waals surface area contributed by atoms with E-state index in [0.717, 1.165) is 36.5 Å². The molecular formula is C19H23N3O2. The summed E-state index contributed by atoms with van der Waals surface area (Å²) >= 11 is 0. The molecule has 2 aliphatic carbocycles. The Morgan fingerprint density at radius 3 is 2.88 bits per heavy atom. The molecule has 1 heterocycles. The highest BCUT2D eigenvalue weighted by Gasteiger charge is 2.27. The second kappa shape index (κ2) is 6.40. The first-order valence-electron chi connectivity index (χ1n) is 8.81. The van der Waals surface area contributed by atoms with E-state index in [1.807, 2.05) is 41.9 Å². The molecule has 0 aliphatic heterocycles. The highest BCUT2D eigenvalue weighted by Crippen LogP contribution is 2.31. The highest BCUT2D eigenvalue weighted by molar-refractivity contribution is 5.94. The predicted octanol–water partition coefficient (Wildman–Crippen LogP) is 3.11. The van der Waals surface area contributed by atoms with Crippen molar-refractivity contribution in [1.29, 1.82) is 0 Å². The SMILES string of the molecule is CC(OCC1CC1)C(=O)Nc1c2c(nn1-c1ccccc1)CCC2. The summed E-state index contributed by atoms with van der Waals surface area (Å²) in [6.45, 7) is 2.51. The molecule has 0 bridgehead atoms. The lowest BCUT2D eigenvalue weighted by Crippen LogP contribution is -2.29. The monoisotopic (exact) mass is 325 g/mol. The molecule has 2 aliphatic rings. The molecule has 1 unspecified atom stereocenters. The zero-order valence-electron chi connectivity index (χ0n) is 14.0. The molecule has 4 rings (SSSR count). The van der Waals surface area contributed by atoms with E-state index in [-0.39, 0.29) is 5.91 Å². The topological polar surface area (TPSA) is 56.1 Å². The molecule has 1 N–H and O–H groups in total. The number of benzene rings is 1. The Bertz CT molecular complexity index is 735. The van der Waals surface area contributed by atoms with Crippen LogP contribution in [0.15, 0.2) is 30.3 Å². The fraction of sp³-hybridized carbons (Fsp3) is 0.474. The number of fused-ring (bicyclic) bond motifs is 1. The van der Waals surface area contributed by atoms with Crippen molar-refractivity contribution in [2.24, 2.45) is 5.92 Å². The van der Waals surface area contributed by atoms with Crippen LogP contribution in [0.25, 0.3) is 5.69 Å². The van der Waals surface area contributed by atoms with Crippen molar-refractivity contribution in [3.63, 3.8) is 0 Å². The van der Waals surface area contributed by atoms with Crippen LogP contribution in [0.4, 0.5) is 5.82 Å². The van der Waals surface area contributed by atoms with E-state index >= 15 is 0 Å². The van der Waals surface area contributed by atoms with Gasteiger partial charge in [0, 0.05) is 5.56 Å². The minimum Gasteiger partial charge on any atom is -0.368 e. The van der Waals surface area contributed by atoms with E-state index < -0.39 is 6.10 Å². The zero-order chi connectivity index (χ0) is 16.5. The number of para-hydroxylation sites is 1. The molecule has 5 nitrogen and oxygen atoms in total. The van der Waals surface area contributed by atoms with Gasteiger partial charge in [0.1, 0.15) is 11.9 Å². The van der Waals surface area contributed by atoms with Gasteiger partial charge >= 0.3 is 0 Å². The van der Waals surface area contributed by atoms with Crippen LogP contribution in [0.3, 0.4) is 0 Å². The van der Waals surface area contributed by atoms with Crippen LogP contribution in [0.1, 0.15) is 37.4 Å². The van der Waals surface area contributed by atoms with Crippen LogP contribution >= 0.6 is 0 Å². The quantitative estimate of drug-likeness (QED) is 0.888. The maximum absolute atomic E-state index is 12.5. The molecule has 126 valence electrons. The third kappa shape index (κ3) is 3.08. The maximum Gasteiger partial charge on any atom is 0.254 e. The fourth-order valence-corrected chi connectivity index (χ4v) is 3.14. The third-order valence-corrected chi connectivity index (χ3v) is 4.80. The van der Waals surface area contributed by atoms with Crippen LogP contribution in [-0.4, -0.2) is 28.4 Å². The van der Waals surface area contributed by atoms with E-state index in [1.165, 1.54) is 18.4 Å². The molecule has 1 atom stereocenters. The number of ether oxygens (including phenoxy) is 1. The van der Waals surface area contributed by atoms with Gasteiger partial charge in [-0.3, -0.25) is 4.79 Å². The number of rotatable bonds is 6. The van der Waals surface area contributed by atoms with Gasteiger partial charge in [0.15, 0.2) is 0 Å². The normalized spacial score (nSPS) is 17.5. The standard InChI is InChI=1S/C19H23N3O2/c1-13(24-12-14-10-11-14)19(23)20-18-16-8-5-9-17(16)21-22(18)15-6-3-2-4-7-15/h2-4,6-7,13-14H,5,8-12H2,1H3,(H,20,23). The number of nitrogens with zero attached hydrogens (tertiary/aromatic N) is 2. The smallest absolute Gasteiger partial charge is 0.254 e. The number of anilines is 1. The minimum atomic E-state index is -0.443. The summed E-state index contributed by atoms with van der Waals surface area (Å²) in [5.74, 6) is 1.36. The van der Waals surface area contributed by atoms with Gasteiger partial charge in [0.05, 0.1) is 18.0 Å². The number of amides is 1. The molecule has 1 aromatic carbocycles. The van der Waals surface area contributed by atoms with Crippen molar-refractivity contribution in [2.75, 3.05) is 11.9 Å². The number of aromatic nitrogens is 2. The molecule has 2 aromatic rings. The second-order valence-corrected chi connectivity index (χ2v) is 6.78. The van der Waals surface area contributed by atoms with E-state index in [9.17, 15) is 4.79 Å². The van der Waals surface area contributed by atoms with Gasteiger partial charge in [0.2, 0.25) is 0 Å². The molecule has 5 heteroatoms. The van der Waals surface area contributed by atoms with Crippen molar-refractivity contribution in [2.45, 2.75) is 45.1 Å². The van der Waals surface area contributed by atoms with Gasteiger partial charge in [-0.25, -0.2) is 4.68 Å². The molecular weight excluding hydrogens is 302 g/mol. The van der Waals surface area contributed by atoms with E-state index in [4.69, 9.17) is 9.84 Å². The van der Waals surface area contributed by atoms with Crippen molar-refractivity contribution >= 4 is 11.7 Å². The minimum absolute atomic E-state index is 0.0950. The average Bonchev–Trinajstić information content (AvgIpc) is 3.22. The lowest BCUT2D eigenvalue weighted by atomic mass is 10.2. The van der Waals surface area contributed by atoms with Crippen LogP contribution in [0.2, 0.25) is 0 Å². The van der Waals surface area contributed by atoms with Crippen molar-refractivity contribution in [3.8, 4) is 5.69 Å². The molecule has 1 amide bonds. The molecule has 24 heavy (non-hydrogen) atoms. The second-order valence-electron chi connectivity index (χ2n) is 6.78. The molecule has 1 fully saturated rings. The predicted molar refractivity (Wildman–Crippen MR) is 92.4 cm³/mol. The number of carbonyl (C=O) groups is 1. The first kappa shape index (κ1) is 15.4. The Kier molecular flexibility index (Phi) is 4.10. The van der Waals surface area contributed by atoms with Crippen molar-refractivity contribution in [1.82, 2.24) is 9.78 Å². The Hall–Kier alpha value is -2.14. The van der Waals surface area contributed by atoms with E-state index in [2.05, 4.69) is 5.32 Å². The Labute approximate surface area is 142 Å².